The van der Waals surface area contributed by atoms with Gasteiger partial charge in [-0.15, -0.1) is 0 Å². The van der Waals surface area contributed by atoms with Gasteiger partial charge < -0.3 is 10.2 Å². The second-order valence-electron chi connectivity index (χ2n) is 6.12. The molecule has 0 aromatic heterocycles. The number of likely N-dealkylation sites (tertiary alicyclic amines) is 1. The molecule has 1 aliphatic heterocycles. The predicted molar refractivity (Wildman–Crippen MR) is 80.8 cm³/mol. The van der Waals surface area contributed by atoms with Crippen LogP contribution in [0.1, 0.15) is 17.5 Å². The molecule has 4 nitrogen and oxygen atoms in total. The van der Waals surface area contributed by atoms with E-state index >= 15 is 0 Å². The number of rotatable bonds is 4. The molecule has 2 fully saturated rings. The topological polar surface area (TPSA) is 49.4 Å². The molecule has 1 saturated carbocycles. The predicted octanol–water partition coefficient (Wildman–Crippen LogP) is 1.40. The minimum Gasteiger partial charge on any atom is -0.343 e. The molecule has 0 unspecified atom stereocenters. The van der Waals surface area contributed by atoms with Crippen LogP contribution < -0.4 is 5.32 Å². The molecule has 2 amide bonds. The molecule has 2 aliphatic rings. The van der Waals surface area contributed by atoms with Gasteiger partial charge in [0.15, 0.2) is 0 Å². The highest BCUT2D eigenvalue weighted by Crippen LogP contribution is 2.58. The van der Waals surface area contributed by atoms with E-state index in [0.29, 0.717) is 5.92 Å². The highest BCUT2D eigenvalue weighted by molar-refractivity contribution is 5.90. The van der Waals surface area contributed by atoms with Crippen LogP contribution in [0.3, 0.4) is 0 Å². The highest BCUT2D eigenvalue weighted by Gasteiger charge is 2.61. The van der Waals surface area contributed by atoms with E-state index in [4.69, 9.17) is 0 Å². The van der Waals surface area contributed by atoms with Crippen molar-refractivity contribution in [3.63, 3.8) is 0 Å². The quantitative estimate of drug-likeness (QED) is 0.850. The molecule has 1 aliphatic carbocycles. The highest BCUT2D eigenvalue weighted by atomic mass is 16.2. The van der Waals surface area contributed by atoms with Crippen LogP contribution in [0.5, 0.6) is 0 Å². The minimum absolute atomic E-state index is 0.0103. The number of carbonyl (C=O) groups excluding carboxylic acids is 2. The van der Waals surface area contributed by atoms with Crippen molar-refractivity contribution in [2.45, 2.75) is 18.8 Å². The number of fused-ring (bicyclic) bond motifs is 1. The number of nitrogens with one attached hydrogen (secondary N) is 1. The van der Waals surface area contributed by atoms with Gasteiger partial charge in [-0.2, -0.15) is 0 Å². The standard InChI is InChI=1S/C17H20N2O2/c1-3-15(20)18-9-16(21)19-10-14-8-17(14,11-19)13-6-4-12(2)5-7-13/h3-7,14H,1,8-11H2,2H3,(H,18,20)/t14-,17+/m0/s1. The third-order valence-corrected chi connectivity index (χ3v) is 4.72. The number of carbonyl (C=O) groups is 2. The Labute approximate surface area is 124 Å². The van der Waals surface area contributed by atoms with Crippen molar-refractivity contribution in [2.24, 2.45) is 5.92 Å². The minimum atomic E-state index is -0.305. The molecule has 3 rings (SSSR count). The second-order valence-corrected chi connectivity index (χ2v) is 6.12. The lowest BCUT2D eigenvalue weighted by molar-refractivity contribution is -0.131. The molecular formula is C17H20N2O2. The Kier molecular flexibility index (Phi) is 3.32. The zero-order chi connectivity index (χ0) is 15.0. The Morgan fingerprint density at radius 2 is 2.14 bits per heavy atom. The van der Waals surface area contributed by atoms with E-state index in [1.807, 2.05) is 4.90 Å². The summed E-state index contributed by atoms with van der Waals surface area (Å²) in [5.74, 6) is 0.254. The van der Waals surface area contributed by atoms with E-state index in [1.54, 1.807) is 0 Å². The van der Waals surface area contributed by atoms with Crippen LogP contribution in [-0.4, -0.2) is 36.3 Å². The summed E-state index contributed by atoms with van der Waals surface area (Å²) in [6.07, 6.45) is 2.35. The van der Waals surface area contributed by atoms with Gasteiger partial charge in [-0.25, -0.2) is 0 Å². The van der Waals surface area contributed by atoms with E-state index in [1.165, 1.54) is 23.6 Å². The summed E-state index contributed by atoms with van der Waals surface area (Å²) in [5, 5.41) is 2.55. The average Bonchev–Trinajstić information content (AvgIpc) is 3.06. The number of hydrogen-bond acceptors (Lipinski definition) is 2. The first-order valence-electron chi connectivity index (χ1n) is 7.30. The van der Waals surface area contributed by atoms with Gasteiger partial charge in [0.05, 0.1) is 6.54 Å². The maximum atomic E-state index is 12.1. The van der Waals surface area contributed by atoms with Crippen LogP contribution in [0.4, 0.5) is 0 Å². The fourth-order valence-electron chi connectivity index (χ4n) is 3.35. The Hall–Kier alpha value is -2.10. The van der Waals surface area contributed by atoms with Crippen LogP contribution in [0.2, 0.25) is 0 Å². The van der Waals surface area contributed by atoms with Gasteiger partial charge in [-0.05, 0) is 30.9 Å². The van der Waals surface area contributed by atoms with Gasteiger partial charge in [0.25, 0.3) is 0 Å². The first-order valence-corrected chi connectivity index (χ1v) is 7.30. The number of benzene rings is 1. The third kappa shape index (κ3) is 2.46. The van der Waals surface area contributed by atoms with E-state index in [2.05, 4.69) is 43.1 Å². The van der Waals surface area contributed by atoms with Crippen molar-refractivity contribution < 1.29 is 9.59 Å². The molecule has 1 heterocycles. The van der Waals surface area contributed by atoms with Gasteiger partial charge in [-0.3, -0.25) is 9.59 Å². The number of hydrogen-bond donors (Lipinski definition) is 1. The summed E-state index contributed by atoms with van der Waals surface area (Å²) in [5.41, 5.74) is 2.75. The normalized spacial score (nSPS) is 26.1. The average molecular weight is 284 g/mol. The van der Waals surface area contributed by atoms with Crippen LogP contribution in [0.15, 0.2) is 36.9 Å². The van der Waals surface area contributed by atoms with Crippen LogP contribution in [0.25, 0.3) is 0 Å². The Morgan fingerprint density at radius 3 is 2.81 bits per heavy atom. The molecule has 4 heteroatoms. The summed E-state index contributed by atoms with van der Waals surface area (Å²) in [7, 11) is 0. The van der Waals surface area contributed by atoms with E-state index in [-0.39, 0.29) is 23.8 Å². The Balaban J connectivity index is 1.63. The van der Waals surface area contributed by atoms with Crippen molar-refractivity contribution in [1.29, 1.82) is 0 Å². The molecule has 0 spiro atoms. The van der Waals surface area contributed by atoms with Gasteiger partial charge in [0.1, 0.15) is 0 Å². The lowest BCUT2D eigenvalue weighted by Crippen LogP contribution is -2.40. The van der Waals surface area contributed by atoms with Crippen molar-refractivity contribution in [2.75, 3.05) is 19.6 Å². The summed E-state index contributed by atoms with van der Waals surface area (Å²) in [6, 6.07) is 8.63. The van der Waals surface area contributed by atoms with Gasteiger partial charge >= 0.3 is 0 Å². The molecule has 0 radical (unpaired) electrons. The summed E-state index contributed by atoms with van der Waals surface area (Å²) < 4.78 is 0. The number of piperidine rings is 1. The van der Waals surface area contributed by atoms with Crippen molar-refractivity contribution in [1.82, 2.24) is 10.2 Å². The van der Waals surface area contributed by atoms with Crippen LogP contribution in [0, 0.1) is 12.8 Å². The van der Waals surface area contributed by atoms with Crippen LogP contribution >= 0.6 is 0 Å². The van der Waals surface area contributed by atoms with Gasteiger partial charge in [-0.1, -0.05) is 36.4 Å². The van der Waals surface area contributed by atoms with Crippen LogP contribution in [-0.2, 0) is 15.0 Å². The number of amides is 2. The van der Waals surface area contributed by atoms with Crippen molar-refractivity contribution >= 4 is 11.8 Å². The zero-order valence-electron chi connectivity index (χ0n) is 12.3. The third-order valence-electron chi connectivity index (χ3n) is 4.72. The first-order chi connectivity index (χ1) is 10.0. The summed E-state index contributed by atoms with van der Waals surface area (Å²) in [6.45, 7) is 7.08. The van der Waals surface area contributed by atoms with E-state index < -0.39 is 0 Å². The Bertz CT molecular complexity index is 593. The number of nitrogens with zero attached hydrogens (tertiary/aromatic N) is 1. The molecule has 21 heavy (non-hydrogen) atoms. The van der Waals surface area contributed by atoms with E-state index in [9.17, 15) is 9.59 Å². The number of aryl methyl sites for hydroxylation is 1. The second kappa shape index (κ2) is 5.02. The maximum absolute atomic E-state index is 12.1. The molecule has 1 aromatic carbocycles. The molecule has 2 atom stereocenters. The SMILES string of the molecule is C=CC(=O)NCC(=O)N1C[C@@H]2C[C@]2(c2ccc(C)cc2)C1. The lowest BCUT2D eigenvalue weighted by Gasteiger charge is -2.21. The largest absolute Gasteiger partial charge is 0.343 e. The maximum Gasteiger partial charge on any atom is 0.243 e. The van der Waals surface area contributed by atoms with E-state index in [0.717, 1.165) is 13.1 Å². The summed E-state index contributed by atoms with van der Waals surface area (Å²) >= 11 is 0. The smallest absolute Gasteiger partial charge is 0.243 e. The Morgan fingerprint density at radius 1 is 1.43 bits per heavy atom. The van der Waals surface area contributed by atoms with Gasteiger partial charge in [0, 0.05) is 18.5 Å². The molecule has 1 N–H and O–H groups in total. The zero-order valence-corrected chi connectivity index (χ0v) is 12.3. The van der Waals surface area contributed by atoms with Crippen molar-refractivity contribution in [3.8, 4) is 0 Å². The molecular weight excluding hydrogens is 264 g/mol. The molecule has 0 bridgehead atoms. The summed E-state index contributed by atoms with van der Waals surface area (Å²) in [4.78, 5) is 25.1. The fraction of sp³-hybridized carbons (Fsp3) is 0.412. The fourth-order valence-corrected chi connectivity index (χ4v) is 3.35. The van der Waals surface area contributed by atoms with Gasteiger partial charge in [0.2, 0.25) is 11.8 Å². The monoisotopic (exact) mass is 284 g/mol. The molecule has 1 aromatic rings. The van der Waals surface area contributed by atoms with Crippen molar-refractivity contribution in [3.05, 3.63) is 48.0 Å². The molecule has 1 saturated heterocycles. The molecule has 110 valence electrons. The first kappa shape index (κ1) is 13.9. The lowest BCUT2D eigenvalue weighted by atomic mass is 9.94.